The number of carbonyl (C=O) groups is 2. The van der Waals surface area contributed by atoms with Crippen molar-refractivity contribution in [1.29, 1.82) is 0 Å². The molecule has 2 aliphatic heterocycles. The van der Waals surface area contributed by atoms with Crippen molar-refractivity contribution in [3.63, 3.8) is 0 Å². The Morgan fingerprint density at radius 2 is 1.69 bits per heavy atom. The number of piperidine rings is 2. The molecule has 2 aromatic carbocycles. The molecule has 0 aliphatic carbocycles. The molecule has 2 amide bonds. The lowest BCUT2D eigenvalue weighted by Gasteiger charge is -2.33. The minimum absolute atomic E-state index is 0.0652. The molecule has 2 saturated heterocycles. The summed E-state index contributed by atoms with van der Waals surface area (Å²) in [5.74, 6) is 0.795. The number of benzene rings is 2. The summed E-state index contributed by atoms with van der Waals surface area (Å²) in [4.78, 5) is 29.3. The van der Waals surface area contributed by atoms with E-state index in [0.717, 1.165) is 50.9 Å². The minimum Gasteiger partial charge on any atom is -0.493 e. The molecule has 0 spiro atoms. The highest BCUT2D eigenvalue weighted by Gasteiger charge is 2.24. The summed E-state index contributed by atoms with van der Waals surface area (Å²) in [6.07, 6.45) is 5.57. The van der Waals surface area contributed by atoms with Crippen molar-refractivity contribution in [3.05, 3.63) is 65.5 Å². The molecule has 4 rings (SSSR count). The second-order valence-corrected chi connectivity index (χ2v) is 8.84. The van der Waals surface area contributed by atoms with Gasteiger partial charge in [-0.25, -0.2) is 4.39 Å². The maximum Gasteiger partial charge on any atom is 0.253 e. The van der Waals surface area contributed by atoms with Gasteiger partial charge in [0.05, 0.1) is 13.0 Å². The van der Waals surface area contributed by atoms with Gasteiger partial charge in [-0.2, -0.15) is 0 Å². The fraction of sp³-hybridized carbons (Fsp3) is 0.462. The summed E-state index contributed by atoms with van der Waals surface area (Å²) >= 11 is 0. The molecule has 6 heteroatoms. The van der Waals surface area contributed by atoms with E-state index in [4.69, 9.17) is 4.74 Å². The lowest BCUT2D eigenvalue weighted by Crippen LogP contribution is -2.42. The molecule has 0 radical (unpaired) electrons. The van der Waals surface area contributed by atoms with E-state index < -0.39 is 0 Å². The summed E-state index contributed by atoms with van der Waals surface area (Å²) < 4.78 is 19.1. The molecule has 2 heterocycles. The molecule has 170 valence electrons. The van der Waals surface area contributed by atoms with Crippen LogP contribution < -0.4 is 4.74 Å². The number of carbonyl (C=O) groups excluding carboxylic acids is 2. The molecular weight excluding hydrogens is 407 g/mol. The van der Waals surface area contributed by atoms with Gasteiger partial charge >= 0.3 is 0 Å². The lowest BCUT2D eigenvalue weighted by atomic mass is 9.98. The first-order chi connectivity index (χ1) is 15.6. The number of ether oxygens (including phenoxy) is 1. The molecule has 32 heavy (non-hydrogen) atoms. The van der Waals surface area contributed by atoms with Gasteiger partial charge in [0.2, 0.25) is 5.91 Å². The normalized spacial score (nSPS) is 19.0. The van der Waals surface area contributed by atoms with Gasteiger partial charge in [-0.3, -0.25) is 9.59 Å². The molecule has 2 fully saturated rings. The fourth-order valence-electron chi connectivity index (χ4n) is 4.53. The lowest BCUT2D eigenvalue weighted by molar-refractivity contribution is -0.132. The van der Waals surface area contributed by atoms with Gasteiger partial charge in [0.25, 0.3) is 5.91 Å². The molecule has 5 nitrogen and oxygen atoms in total. The summed E-state index contributed by atoms with van der Waals surface area (Å²) in [7, 11) is 0. The Hall–Kier alpha value is -2.89. The molecular formula is C26H31FN2O3. The smallest absolute Gasteiger partial charge is 0.253 e. The molecule has 2 aromatic rings. The summed E-state index contributed by atoms with van der Waals surface area (Å²) in [6.45, 7) is 3.58. The van der Waals surface area contributed by atoms with E-state index in [1.807, 2.05) is 34.1 Å². The zero-order valence-corrected chi connectivity index (χ0v) is 18.5. The molecule has 0 bridgehead atoms. The Kier molecular flexibility index (Phi) is 7.40. The molecule has 0 unspecified atom stereocenters. The van der Waals surface area contributed by atoms with Gasteiger partial charge in [-0.15, -0.1) is 0 Å². The first-order valence-electron chi connectivity index (χ1n) is 11.6. The Labute approximate surface area is 189 Å². The van der Waals surface area contributed by atoms with Gasteiger partial charge in [-0.05, 0) is 68.0 Å². The maximum absolute atomic E-state index is 13.1. The Morgan fingerprint density at radius 1 is 0.938 bits per heavy atom. The van der Waals surface area contributed by atoms with Crippen LogP contribution in [0.1, 0.15) is 48.0 Å². The zero-order chi connectivity index (χ0) is 22.3. The number of hydrogen-bond donors (Lipinski definition) is 0. The van der Waals surface area contributed by atoms with Crippen LogP contribution >= 0.6 is 0 Å². The highest BCUT2D eigenvalue weighted by Crippen LogP contribution is 2.22. The van der Waals surface area contributed by atoms with Gasteiger partial charge < -0.3 is 14.5 Å². The number of rotatable bonds is 6. The number of hydrogen-bond acceptors (Lipinski definition) is 3. The van der Waals surface area contributed by atoms with E-state index >= 15 is 0 Å². The van der Waals surface area contributed by atoms with Crippen molar-refractivity contribution in [2.75, 3.05) is 32.8 Å². The Balaban J connectivity index is 1.29. The zero-order valence-electron chi connectivity index (χ0n) is 18.5. The third-order valence-electron chi connectivity index (χ3n) is 6.35. The van der Waals surface area contributed by atoms with E-state index in [2.05, 4.69) is 0 Å². The SMILES string of the molecule is O=C(Cc1ccc(F)cc1)N1CCC[C@@H](COc2cccc(C(=O)N3CCCCC3)c2)C1. The Bertz CT molecular complexity index is 925. The number of amides is 2. The standard InChI is InChI=1S/C26H31FN2O3/c27-23-11-9-20(10-12-23)16-25(30)29-15-5-6-21(18-29)19-32-24-8-4-7-22(17-24)26(31)28-13-2-1-3-14-28/h4,7-12,17,21H,1-3,5-6,13-16,18-19H2/t21-/m1/s1. The topological polar surface area (TPSA) is 49.9 Å². The second kappa shape index (κ2) is 10.6. The molecule has 0 N–H and O–H groups in total. The third kappa shape index (κ3) is 5.87. The van der Waals surface area contributed by atoms with E-state index in [0.29, 0.717) is 24.5 Å². The minimum atomic E-state index is -0.293. The van der Waals surface area contributed by atoms with Crippen LogP contribution in [0, 0.1) is 11.7 Å². The summed E-state index contributed by atoms with van der Waals surface area (Å²) in [6, 6.07) is 13.5. The van der Waals surface area contributed by atoms with Crippen LogP contribution in [0.3, 0.4) is 0 Å². The van der Waals surface area contributed by atoms with Crippen LogP contribution in [-0.4, -0.2) is 54.4 Å². The highest BCUT2D eigenvalue weighted by atomic mass is 19.1. The number of nitrogens with zero attached hydrogens (tertiary/aromatic N) is 2. The van der Waals surface area contributed by atoms with Crippen LogP contribution in [0.5, 0.6) is 5.75 Å². The predicted octanol–water partition coefficient (Wildman–Crippen LogP) is 4.31. The largest absolute Gasteiger partial charge is 0.493 e. The van der Waals surface area contributed by atoms with Gasteiger partial charge in [-0.1, -0.05) is 18.2 Å². The monoisotopic (exact) mass is 438 g/mol. The van der Waals surface area contributed by atoms with Crippen LogP contribution in [0.15, 0.2) is 48.5 Å². The van der Waals surface area contributed by atoms with Gasteiger partial charge in [0.15, 0.2) is 0 Å². The number of likely N-dealkylation sites (tertiary alicyclic amines) is 2. The van der Waals surface area contributed by atoms with Crippen LogP contribution in [0.2, 0.25) is 0 Å². The fourth-order valence-corrected chi connectivity index (χ4v) is 4.53. The average Bonchev–Trinajstić information content (AvgIpc) is 2.84. The molecule has 0 aromatic heterocycles. The van der Waals surface area contributed by atoms with Gasteiger partial charge in [0.1, 0.15) is 11.6 Å². The average molecular weight is 439 g/mol. The van der Waals surface area contributed by atoms with Crippen molar-refractivity contribution in [2.24, 2.45) is 5.92 Å². The van der Waals surface area contributed by atoms with Crippen molar-refractivity contribution < 1.29 is 18.7 Å². The quantitative estimate of drug-likeness (QED) is 0.675. The van der Waals surface area contributed by atoms with Crippen LogP contribution in [0.25, 0.3) is 0 Å². The van der Waals surface area contributed by atoms with E-state index in [-0.39, 0.29) is 30.0 Å². The van der Waals surface area contributed by atoms with E-state index in [9.17, 15) is 14.0 Å². The first kappa shape index (κ1) is 22.3. The molecule has 0 saturated carbocycles. The Morgan fingerprint density at radius 3 is 2.47 bits per heavy atom. The van der Waals surface area contributed by atoms with Crippen molar-refractivity contribution in [3.8, 4) is 5.75 Å². The predicted molar refractivity (Wildman–Crippen MR) is 121 cm³/mol. The summed E-state index contributed by atoms with van der Waals surface area (Å²) in [5.41, 5.74) is 1.49. The van der Waals surface area contributed by atoms with Crippen LogP contribution in [0.4, 0.5) is 4.39 Å². The maximum atomic E-state index is 13.1. The number of halogens is 1. The molecule has 1 atom stereocenters. The van der Waals surface area contributed by atoms with Crippen molar-refractivity contribution in [2.45, 2.75) is 38.5 Å². The van der Waals surface area contributed by atoms with Crippen molar-refractivity contribution in [1.82, 2.24) is 9.80 Å². The van der Waals surface area contributed by atoms with Gasteiger partial charge in [0, 0.05) is 37.7 Å². The third-order valence-corrected chi connectivity index (χ3v) is 6.35. The second-order valence-electron chi connectivity index (χ2n) is 8.84. The van der Waals surface area contributed by atoms with E-state index in [1.54, 1.807) is 12.1 Å². The van der Waals surface area contributed by atoms with Crippen LogP contribution in [-0.2, 0) is 11.2 Å². The molecule has 2 aliphatic rings. The first-order valence-corrected chi connectivity index (χ1v) is 11.6. The summed E-state index contributed by atoms with van der Waals surface area (Å²) in [5, 5.41) is 0. The van der Waals surface area contributed by atoms with E-state index in [1.165, 1.54) is 18.6 Å². The van der Waals surface area contributed by atoms with Crippen molar-refractivity contribution >= 4 is 11.8 Å². The highest BCUT2D eigenvalue weighted by molar-refractivity contribution is 5.94.